The second kappa shape index (κ2) is 12.4. The van der Waals surface area contributed by atoms with Crippen molar-refractivity contribution in [2.24, 2.45) is 5.92 Å². The van der Waals surface area contributed by atoms with Crippen LogP contribution < -0.4 is 0 Å². The summed E-state index contributed by atoms with van der Waals surface area (Å²) in [7, 11) is 0. The van der Waals surface area contributed by atoms with Gasteiger partial charge in [0.25, 0.3) is 0 Å². The van der Waals surface area contributed by atoms with Gasteiger partial charge in [-0.05, 0) is 24.6 Å². The Bertz CT molecular complexity index is 1030. The number of hydrogen-bond donors (Lipinski definition) is 7. The minimum Gasteiger partial charge on any atom is -0.504 e. The zero-order valence-corrected chi connectivity index (χ0v) is 19.8. The number of carboxylic acid groups (broad SMARTS) is 1. The van der Waals surface area contributed by atoms with Gasteiger partial charge in [0.1, 0.15) is 24.4 Å². The van der Waals surface area contributed by atoms with E-state index in [0.717, 1.165) is 6.26 Å². The lowest BCUT2D eigenvalue weighted by Crippen LogP contribution is -2.60. The van der Waals surface area contributed by atoms with E-state index < -0.39 is 67.9 Å². The fourth-order valence-electron chi connectivity index (χ4n) is 4.05. The van der Waals surface area contributed by atoms with Crippen molar-refractivity contribution in [1.29, 1.82) is 0 Å². The lowest BCUT2D eigenvalue weighted by atomic mass is 9.86. The summed E-state index contributed by atoms with van der Waals surface area (Å²) in [5.41, 5.74) is 0.557. The van der Waals surface area contributed by atoms with E-state index in [1.54, 1.807) is 13.0 Å². The smallest absolute Gasteiger partial charge is 0.335 e. The minimum absolute atomic E-state index is 0.0750. The molecular weight excluding hydrogens is 496 g/mol. The van der Waals surface area contributed by atoms with Gasteiger partial charge in [0.15, 0.2) is 17.8 Å². The molecular formula is C24H30O13. The number of esters is 1. The summed E-state index contributed by atoms with van der Waals surface area (Å²) in [6.07, 6.45) is -6.90. The number of allylic oxidation sites excluding steroid dienone is 1. The summed E-state index contributed by atoms with van der Waals surface area (Å²) < 4.78 is 21.6. The van der Waals surface area contributed by atoms with Gasteiger partial charge in [0, 0.05) is 17.9 Å². The van der Waals surface area contributed by atoms with Gasteiger partial charge in [-0.2, -0.15) is 0 Å². The molecule has 0 bridgehead atoms. The van der Waals surface area contributed by atoms with E-state index in [4.69, 9.17) is 18.9 Å². The molecule has 0 aliphatic carbocycles. The second-order valence-corrected chi connectivity index (χ2v) is 8.52. The molecule has 0 spiro atoms. The highest BCUT2D eigenvalue weighted by Crippen LogP contribution is 2.36. The summed E-state index contributed by atoms with van der Waals surface area (Å²) >= 11 is 0. The van der Waals surface area contributed by atoms with Gasteiger partial charge in [-0.1, -0.05) is 12.1 Å². The molecule has 1 aromatic carbocycles. The Balaban J connectivity index is 1.68. The fraction of sp³-hybridized carbons (Fsp3) is 0.500. The van der Waals surface area contributed by atoms with E-state index >= 15 is 0 Å². The standard InChI is InChI=1S/C24H30O13/c1-2-12-13(8-18(28)34-6-5-11-3-4-15(26)16(27)7-11)14(22(32)33)10-35-23(12)37-24-21(31)20(30)19(29)17(9-25)36-24/h2-4,7,10,13,17,19-21,23-27,29-31H,5-6,8-9H2,1H3,(H,32,33)/b12-2+/t13-,17+,19+,20-,21+,23-,24-/m0/s1. The highest BCUT2D eigenvalue weighted by Gasteiger charge is 2.46. The molecule has 13 heteroatoms. The van der Waals surface area contributed by atoms with Crippen molar-refractivity contribution in [2.75, 3.05) is 13.2 Å². The van der Waals surface area contributed by atoms with Crippen LogP contribution in [0.1, 0.15) is 18.9 Å². The molecule has 0 amide bonds. The highest BCUT2D eigenvalue weighted by atomic mass is 16.8. The fourth-order valence-corrected chi connectivity index (χ4v) is 4.05. The SMILES string of the molecule is C/C=C1/[C@H](O[C@@H]2O[C@H](CO)[C@@H](O)[C@H](O)[C@H]2O)OC=C(C(=O)O)[C@H]1CC(=O)OCCc1ccc(O)c(O)c1. The van der Waals surface area contributed by atoms with E-state index in [1.807, 2.05) is 0 Å². The van der Waals surface area contributed by atoms with Crippen molar-refractivity contribution >= 4 is 11.9 Å². The molecule has 2 aliphatic rings. The van der Waals surface area contributed by atoms with E-state index in [1.165, 1.54) is 18.2 Å². The molecule has 2 heterocycles. The van der Waals surface area contributed by atoms with Gasteiger partial charge in [0.05, 0.1) is 31.5 Å². The van der Waals surface area contributed by atoms with Crippen LogP contribution in [0.2, 0.25) is 0 Å². The molecule has 1 fully saturated rings. The Hall–Kier alpha value is -3.20. The molecule has 7 atom stereocenters. The second-order valence-electron chi connectivity index (χ2n) is 8.52. The van der Waals surface area contributed by atoms with Crippen LogP contribution in [0.3, 0.4) is 0 Å². The average Bonchev–Trinajstić information content (AvgIpc) is 2.86. The Morgan fingerprint density at radius 3 is 2.43 bits per heavy atom. The third kappa shape index (κ3) is 6.57. The molecule has 0 radical (unpaired) electrons. The van der Waals surface area contributed by atoms with Gasteiger partial charge in [-0.3, -0.25) is 4.79 Å². The first-order valence-corrected chi connectivity index (χ1v) is 11.4. The largest absolute Gasteiger partial charge is 0.504 e. The lowest BCUT2D eigenvalue weighted by Gasteiger charge is -2.41. The van der Waals surface area contributed by atoms with Crippen LogP contribution in [0.5, 0.6) is 11.5 Å². The number of ether oxygens (including phenoxy) is 4. The van der Waals surface area contributed by atoms with Crippen molar-refractivity contribution in [1.82, 2.24) is 0 Å². The Morgan fingerprint density at radius 2 is 1.81 bits per heavy atom. The first kappa shape index (κ1) is 28.4. The highest BCUT2D eigenvalue weighted by molar-refractivity contribution is 5.89. The van der Waals surface area contributed by atoms with Gasteiger partial charge < -0.3 is 54.7 Å². The molecule has 2 aliphatic heterocycles. The van der Waals surface area contributed by atoms with Crippen molar-refractivity contribution in [3.8, 4) is 11.5 Å². The molecule has 37 heavy (non-hydrogen) atoms. The van der Waals surface area contributed by atoms with Crippen LogP contribution >= 0.6 is 0 Å². The summed E-state index contributed by atoms with van der Waals surface area (Å²) in [6.45, 7) is 0.811. The van der Waals surface area contributed by atoms with E-state index in [0.29, 0.717) is 5.56 Å². The summed E-state index contributed by atoms with van der Waals surface area (Å²) in [5, 5.41) is 68.1. The minimum atomic E-state index is -1.72. The van der Waals surface area contributed by atoms with Crippen molar-refractivity contribution in [3.05, 3.63) is 47.2 Å². The number of phenols is 2. The normalized spacial score (nSPS) is 30.9. The number of aliphatic hydroxyl groups excluding tert-OH is 4. The number of benzene rings is 1. The molecule has 0 unspecified atom stereocenters. The maximum absolute atomic E-state index is 12.6. The van der Waals surface area contributed by atoms with Gasteiger partial charge in [-0.25, -0.2) is 4.79 Å². The number of carbonyl (C=O) groups is 2. The Morgan fingerprint density at radius 1 is 1.08 bits per heavy atom. The predicted molar refractivity (Wildman–Crippen MR) is 122 cm³/mol. The van der Waals surface area contributed by atoms with Crippen molar-refractivity contribution in [3.63, 3.8) is 0 Å². The monoisotopic (exact) mass is 526 g/mol. The molecule has 1 saturated heterocycles. The summed E-state index contributed by atoms with van der Waals surface area (Å²) in [5.74, 6) is -3.70. The Kier molecular flexibility index (Phi) is 9.48. The number of aliphatic carboxylic acids is 1. The zero-order chi connectivity index (χ0) is 27.3. The van der Waals surface area contributed by atoms with Crippen LogP contribution in [-0.4, -0.2) is 97.9 Å². The molecule has 1 aromatic rings. The number of hydrogen-bond acceptors (Lipinski definition) is 12. The van der Waals surface area contributed by atoms with Crippen LogP contribution in [0.4, 0.5) is 0 Å². The zero-order valence-electron chi connectivity index (χ0n) is 19.8. The van der Waals surface area contributed by atoms with E-state index in [9.17, 15) is 45.3 Å². The molecule has 13 nitrogen and oxygen atoms in total. The summed E-state index contributed by atoms with van der Waals surface area (Å²) in [6, 6.07) is 4.17. The number of carbonyl (C=O) groups excluding carboxylic acids is 1. The maximum atomic E-state index is 12.6. The topological polar surface area (TPSA) is 213 Å². The first-order valence-electron chi connectivity index (χ1n) is 11.4. The van der Waals surface area contributed by atoms with Crippen LogP contribution in [-0.2, 0) is 35.0 Å². The third-order valence-electron chi connectivity index (χ3n) is 6.12. The van der Waals surface area contributed by atoms with E-state index in [2.05, 4.69) is 0 Å². The molecule has 0 aromatic heterocycles. The van der Waals surface area contributed by atoms with Gasteiger partial charge in [0.2, 0.25) is 6.29 Å². The van der Waals surface area contributed by atoms with Crippen LogP contribution in [0, 0.1) is 5.92 Å². The third-order valence-corrected chi connectivity index (χ3v) is 6.12. The summed E-state index contributed by atoms with van der Waals surface area (Å²) in [4.78, 5) is 24.4. The number of aromatic hydroxyl groups is 2. The Labute approximate surface area is 211 Å². The van der Waals surface area contributed by atoms with Crippen molar-refractivity contribution < 1.29 is 64.3 Å². The quantitative estimate of drug-likeness (QED) is 0.120. The number of phenolic OH excluding ortho intramolecular Hbond substituents is 2. The van der Waals surface area contributed by atoms with Gasteiger partial charge in [-0.15, -0.1) is 0 Å². The number of carboxylic acids is 1. The van der Waals surface area contributed by atoms with Crippen LogP contribution in [0.15, 0.2) is 41.7 Å². The van der Waals surface area contributed by atoms with E-state index in [-0.39, 0.29) is 35.7 Å². The molecule has 7 N–H and O–H groups in total. The molecule has 204 valence electrons. The van der Waals surface area contributed by atoms with Gasteiger partial charge >= 0.3 is 11.9 Å². The molecule has 3 rings (SSSR count). The number of aliphatic hydroxyl groups is 4. The maximum Gasteiger partial charge on any atom is 0.335 e. The lowest BCUT2D eigenvalue weighted by molar-refractivity contribution is -0.327. The number of rotatable bonds is 9. The van der Waals surface area contributed by atoms with Crippen molar-refractivity contribution in [2.45, 2.75) is 56.8 Å². The predicted octanol–water partition coefficient (Wildman–Crippen LogP) is -0.723. The first-order chi connectivity index (χ1) is 17.6. The molecule has 0 saturated carbocycles. The van der Waals surface area contributed by atoms with Crippen LogP contribution in [0.25, 0.3) is 0 Å². The average molecular weight is 526 g/mol.